The molecule has 1 N–H and O–H groups in total. The number of nitrogens with zero attached hydrogens (tertiary/aromatic N) is 2. The summed E-state index contributed by atoms with van der Waals surface area (Å²) in [6.45, 7) is 1.70. The van der Waals surface area contributed by atoms with Crippen LogP contribution in [0.25, 0.3) is 0 Å². The summed E-state index contributed by atoms with van der Waals surface area (Å²) in [5, 5.41) is 13.3. The molecule has 2 aromatic rings. The van der Waals surface area contributed by atoms with E-state index in [0.29, 0.717) is 0 Å². The van der Waals surface area contributed by atoms with Crippen molar-refractivity contribution in [3.63, 3.8) is 0 Å². The Balaban J connectivity index is 1.86. The van der Waals surface area contributed by atoms with Crippen molar-refractivity contribution in [3.8, 4) is 0 Å². The van der Waals surface area contributed by atoms with E-state index in [1.165, 1.54) is 11.1 Å². The maximum absolute atomic E-state index is 9.60. The number of benzene rings is 2. The first-order valence-electron chi connectivity index (χ1n) is 9.04. The monoisotopic (exact) mass is 334 g/mol. The van der Waals surface area contributed by atoms with Gasteiger partial charge in [-0.25, -0.2) is 0 Å². The largest absolute Gasteiger partial charge is 0.411 e. The number of hydrogen-bond donors (Lipinski definition) is 1. The molecule has 1 aliphatic rings. The Morgan fingerprint density at radius 3 is 1.96 bits per heavy atom. The van der Waals surface area contributed by atoms with Crippen molar-refractivity contribution in [2.45, 2.75) is 44.8 Å². The quantitative estimate of drug-likeness (QED) is 0.473. The second kappa shape index (κ2) is 9.19. The van der Waals surface area contributed by atoms with Gasteiger partial charge in [-0.15, -0.1) is 0 Å². The fourth-order valence-electron chi connectivity index (χ4n) is 3.48. The molecular weight excluding hydrogens is 308 g/mol. The van der Waals surface area contributed by atoms with Gasteiger partial charge in [0.25, 0.3) is 0 Å². The van der Waals surface area contributed by atoms with Crippen LogP contribution in [-0.4, -0.2) is 21.9 Å². The molecule has 0 saturated heterocycles. The fourth-order valence-corrected chi connectivity index (χ4v) is 3.48. The topological polar surface area (TPSA) is 35.8 Å². The fraction of sp³-hybridized carbons (Fsp3) is 0.318. The van der Waals surface area contributed by atoms with Gasteiger partial charge in [-0.1, -0.05) is 78.0 Å². The van der Waals surface area contributed by atoms with Crippen LogP contribution in [0.3, 0.4) is 0 Å². The summed E-state index contributed by atoms with van der Waals surface area (Å²) in [5.74, 6) is 0. The molecule has 3 heteroatoms. The molecule has 0 heterocycles. The lowest BCUT2D eigenvalue weighted by Gasteiger charge is -2.33. The molecule has 2 aromatic carbocycles. The van der Waals surface area contributed by atoms with E-state index in [1.54, 1.807) is 0 Å². The standard InChI is InChI=1S/C22H26N2O/c25-23-21-15-9-1-2-10-16-22(21)24(17-19-11-5-3-6-12-19)18-20-13-7-4-8-14-20/h1-8,11-14,22,25H,9-10,15-18H2/b2-1?,23-21-/t22-/m0/s1. The molecule has 0 radical (unpaired) electrons. The summed E-state index contributed by atoms with van der Waals surface area (Å²) in [6, 6.07) is 21.2. The van der Waals surface area contributed by atoms with Gasteiger partial charge in [0.1, 0.15) is 0 Å². The van der Waals surface area contributed by atoms with Gasteiger partial charge in [-0.3, -0.25) is 4.90 Å². The lowest BCUT2D eigenvalue weighted by atomic mass is 9.96. The van der Waals surface area contributed by atoms with Crippen LogP contribution in [0.5, 0.6) is 0 Å². The Morgan fingerprint density at radius 1 is 0.840 bits per heavy atom. The van der Waals surface area contributed by atoms with E-state index in [-0.39, 0.29) is 6.04 Å². The molecule has 1 atom stereocenters. The van der Waals surface area contributed by atoms with Crippen LogP contribution in [0.15, 0.2) is 78.0 Å². The molecule has 25 heavy (non-hydrogen) atoms. The van der Waals surface area contributed by atoms with Crippen LogP contribution >= 0.6 is 0 Å². The lowest BCUT2D eigenvalue weighted by Crippen LogP contribution is -2.40. The third-order valence-corrected chi connectivity index (χ3v) is 4.75. The van der Waals surface area contributed by atoms with Gasteiger partial charge in [-0.2, -0.15) is 0 Å². The number of rotatable bonds is 5. The van der Waals surface area contributed by atoms with Gasteiger partial charge in [0, 0.05) is 13.1 Å². The summed E-state index contributed by atoms with van der Waals surface area (Å²) in [7, 11) is 0. The van der Waals surface area contributed by atoms with Crippen LogP contribution in [0, 0.1) is 0 Å². The number of hydrogen-bond acceptors (Lipinski definition) is 3. The first kappa shape index (κ1) is 17.4. The average molecular weight is 334 g/mol. The molecule has 3 rings (SSSR count). The summed E-state index contributed by atoms with van der Waals surface area (Å²) < 4.78 is 0. The molecule has 0 spiro atoms. The second-order valence-corrected chi connectivity index (χ2v) is 6.57. The summed E-state index contributed by atoms with van der Waals surface area (Å²) in [5.41, 5.74) is 3.47. The zero-order valence-electron chi connectivity index (χ0n) is 14.6. The molecule has 1 aliphatic carbocycles. The van der Waals surface area contributed by atoms with Crippen LogP contribution in [0.1, 0.15) is 36.8 Å². The molecule has 0 aliphatic heterocycles. The average Bonchev–Trinajstić information content (AvgIpc) is 2.63. The third kappa shape index (κ3) is 5.04. The zero-order valence-corrected chi connectivity index (χ0v) is 14.6. The van der Waals surface area contributed by atoms with Crippen LogP contribution in [-0.2, 0) is 13.1 Å². The van der Waals surface area contributed by atoms with Crippen LogP contribution < -0.4 is 0 Å². The normalized spacial score (nSPS) is 19.7. The molecule has 0 fully saturated rings. The van der Waals surface area contributed by atoms with E-state index in [1.807, 2.05) is 12.1 Å². The molecule has 3 nitrogen and oxygen atoms in total. The van der Waals surface area contributed by atoms with Crippen molar-refractivity contribution >= 4 is 5.71 Å². The van der Waals surface area contributed by atoms with Crippen LogP contribution in [0.2, 0.25) is 0 Å². The van der Waals surface area contributed by atoms with Gasteiger partial charge < -0.3 is 5.21 Å². The van der Waals surface area contributed by atoms with Crippen molar-refractivity contribution in [1.82, 2.24) is 4.90 Å². The summed E-state index contributed by atoms with van der Waals surface area (Å²) >= 11 is 0. The van der Waals surface area contributed by atoms with E-state index in [9.17, 15) is 5.21 Å². The van der Waals surface area contributed by atoms with Crippen molar-refractivity contribution in [2.24, 2.45) is 5.16 Å². The zero-order chi connectivity index (χ0) is 17.3. The maximum Gasteiger partial charge on any atom is 0.0745 e. The van der Waals surface area contributed by atoms with Gasteiger partial charge >= 0.3 is 0 Å². The van der Waals surface area contributed by atoms with Gasteiger partial charge in [0.2, 0.25) is 0 Å². The molecule has 0 amide bonds. The third-order valence-electron chi connectivity index (χ3n) is 4.75. The Hall–Kier alpha value is -2.39. The first-order chi connectivity index (χ1) is 12.4. The van der Waals surface area contributed by atoms with Crippen molar-refractivity contribution < 1.29 is 5.21 Å². The van der Waals surface area contributed by atoms with Crippen molar-refractivity contribution in [3.05, 3.63) is 83.9 Å². The molecule has 0 unspecified atom stereocenters. The minimum Gasteiger partial charge on any atom is -0.411 e. The van der Waals surface area contributed by atoms with E-state index >= 15 is 0 Å². The predicted molar refractivity (Wildman–Crippen MR) is 103 cm³/mol. The summed E-state index contributed by atoms with van der Waals surface area (Å²) in [6.07, 6.45) is 8.21. The number of oxime groups is 1. The highest BCUT2D eigenvalue weighted by molar-refractivity contribution is 5.89. The summed E-state index contributed by atoms with van der Waals surface area (Å²) in [4.78, 5) is 2.44. The van der Waals surface area contributed by atoms with Crippen LogP contribution in [0.4, 0.5) is 0 Å². The second-order valence-electron chi connectivity index (χ2n) is 6.57. The Bertz CT molecular complexity index is 653. The molecule has 0 bridgehead atoms. The van der Waals surface area contributed by atoms with Gasteiger partial charge in [0.05, 0.1) is 11.8 Å². The first-order valence-corrected chi connectivity index (χ1v) is 9.04. The highest BCUT2D eigenvalue weighted by atomic mass is 16.4. The highest BCUT2D eigenvalue weighted by Gasteiger charge is 2.24. The van der Waals surface area contributed by atoms with E-state index in [2.05, 4.69) is 70.7 Å². The maximum atomic E-state index is 9.60. The molecule has 0 aromatic heterocycles. The highest BCUT2D eigenvalue weighted by Crippen LogP contribution is 2.21. The smallest absolute Gasteiger partial charge is 0.0745 e. The van der Waals surface area contributed by atoms with Gasteiger partial charge in [-0.05, 0) is 36.8 Å². The Labute approximate surface area is 150 Å². The molecular formula is C22H26N2O. The molecule has 0 saturated carbocycles. The lowest BCUT2D eigenvalue weighted by molar-refractivity contribution is 0.206. The van der Waals surface area contributed by atoms with E-state index in [4.69, 9.17) is 0 Å². The van der Waals surface area contributed by atoms with Gasteiger partial charge in [0.15, 0.2) is 0 Å². The molecule has 130 valence electrons. The minimum atomic E-state index is 0.162. The minimum absolute atomic E-state index is 0.162. The van der Waals surface area contributed by atoms with Crippen molar-refractivity contribution in [1.29, 1.82) is 0 Å². The predicted octanol–water partition coefficient (Wildman–Crippen LogP) is 5.02. The van der Waals surface area contributed by atoms with E-state index in [0.717, 1.165) is 44.5 Å². The Morgan fingerprint density at radius 2 is 1.40 bits per heavy atom. The SMILES string of the molecule is O/N=C1/CCC=CCC[C@@H]1N(Cc1ccccc1)Cc1ccccc1. The van der Waals surface area contributed by atoms with Crippen molar-refractivity contribution in [2.75, 3.05) is 0 Å². The number of allylic oxidation sites excluding steroid dienone is 2. The Kier molecular flexibility index (Phi) is 6.41. The van der Waals surface area contributed by atoms with E-state index < -0.39 is 0 Å².